The predicted molar refractivity (Wildman–Crippen MR) is 151 cm³/mol. The molecule has 0 aliphatic carbocycles. The number of non-ortho nitro benzene ring substituents is 1. The Morgan fingerprint density at radius 2 is 1.68 bits per heavy atom. The van der Waals surface area contributed by atoms with Gasteiger partial charge in [0.1, 0.15) is 23.2 Å². The Bertz CT molecular complexity index is 1640. The highest BCUT2D eigenvalue weighted by Gasteiger charge is 2.35. The molecule has 11 nitrogen and oxygen atoms in total. The maximum atomic E-state index is 13.7. The van der Waals surface area contributed by atoms with Gasteiger partial charge in [-0.2, -0.15) is 5.10 Å². The van der Waals surface area contributed by atoms with Crippen LogP contribution in [0.4, 0.5) is 22.9 Å². The molecule has 2 heterocycles. The van der Waals surface area contributed by atoms with Gasteiger partial charge in [-0.1, -0.05) is 29.8 Å². The molecule has 0 saturated heterocycles. The second-order valence-corrected chi connectivity index (χ2v) is 9.24. The molecule has 3 N–H and O–H groups in total. The van der Waals surface area contributed by atoms with Crippen LogP contribution in [-0.4, -0.2) is 33.6 Å². The third-order valence-corrected chi connectivity index (χ3v) is 6.60. The zero-order valence-electron chi connectivity index (χ0n) is 22.0. The van der Waals surface area contributed by atoms with Crippen LogP contribution in [0.3, 0.4) is 0 Å². The molecule has 5 rings (SSSR count). The summed E-state index contributed by atoms with van der Waals surface area (Å²) in [6.07, 6.45) is 1.43. The summed E-state index contributed by atoms with van der Waals surface area (Å²) in [6, 6.07) is 19.5. The van der Waals surface area contributed by atoms with Crippen molar-refractivity contribution in [2.45, 2.75) is 19.9 Å². The smallest absolute Gasteiger partial charge is 0.269 e. The van der Waals surface area contributed by atoms with E-state index in [0.29, 0.717) is 39.8 Å². The average molecular weight is 539 g/mol. The Balaban J connectivity index is 1.55. The molecular formula is C29H26N6O5. The quantitative estimate of drug-likeness (QED) is 0.215. The Kier molecular flexibility index (Phi) is 7.02. The fourth-order valence-corrected chi connectivity index (χ4v) is 4.57. The number of hydrogen-bond donors (Lipinski definition) is 3. The number of hydrogen-bond acceptors (Lipinski definition) is 7. The molecule has 202 valence electrons. The number of para-hydroxylation sites is 2. The van der Waals surface area contributed by atoms with Gasteiger partial charge in [0, 0.05) is 23.5 Å². The van der Waals surface area contributed by atoms with Gasteiger partial charge in [0.05, 0.1) is 29.5 Å². The largest absolute Gasteiger partial charge is 0.495 e. The number of carbonyl (C=O) groups excluding carboxylic acids is 2. The monoisotopic (exact) mass is 538 g/mol. The molecule has 11 heteroatoms. The Morgan fingerprint density at radius 3 is 2.35 bits per heavy atom. The minimum absolute atomic E-state index is 0.0859. The lowest BCUT2D eigenvalue weighted by Crippen LogP contribution is -2.32. The molecule has 0 saturated carbocycles. The number of aromatic nitrogens is 2. The first-order chi connectivity index (χ1) is 19.3. The standard InChI is InChI=1S/C29H26N6O5/c1-17-8-12-20(13-9-17)32-28(36)22-16-30-34-26(19-10-14-21(15-11-19)35(38)39)25(18(2)31-27(22)34)29(37)33-23-6-4-5-7-24(23)40-3/h4-16,26,31H,1-3H3,(H,32,36)(H,33,37)/t26-/m0/s1. The Morgan fingerprint density at radius 1 is 0.975 bits per heavy atom. The predicted octanol–water partition coefficient (Wildman–Crippen LogP) is 5.29. The number of fused-ring (bicyclic) bond motifs is 1. The van der Waals surface area contributed by atoms with Gasteiger partial charge < -0.3 is 20.7 Å². The molecule has 0 unspecified atom stereocenters. The molecule has 1 aliphatic rings. The molecule has 2 amide bonds. The Labute approximate surface area is 229 Å². The maximum absolute atomic E-state index is 13.7. The third-order valence-electron chi connectivity index (χ3n) is 6.60. The van der Waals surface area contributed by atoms with Gasteiger partial charge in [-0.3, -0.25) is 19.7 Å². The number of nitrogens with one attached hydrogen (secondary N) is 3. The summed E-state index contributed by atoms with van der Waals surface area (Å²) >= 11 is 0. The first kappa shape index (κ1) is 26.2. The van der Waals surface area contributed by atoms with E-state index in [4.69, 9.17) is 4.74 Å². The zero-order valence-corrected chi connectivity index (χ0v) is 22.0. The molecule has 1 aliphatic heterocycles. The van der Waals surface area contributed by atoms with Gasteiger partial charge in [-0.15, -0.1) is 0 Å². The van der Waals surface area contributed by atoms with Crippen molar-refractivity contribution in [2.75, 3.05) is 23.1 Å². The van der Waals surface area contributed by atoms with Crippen LogP contribution in [0.15, 0.2) is 90.3 Å². The first-order valence-corrected chi connectivity index (χ1v) is 12.4. The first-order valence-electron chi connectivity index (χ1n) is 12.4. The van der Waals surface area contributed by atoms with Crippen LogP contribution in [0.2, 0.25) is 0 Å². The van der Waals surface area contributed by atoms with E-state index in [0.717, 1.165) is 5.56 Å². The second kappa shape index (κ2) is 10.7. The number of allylic oxidation sites excluding steroid dienone is 1. The summed E-state index contributed by atoms with van der Waals surface area (Å²) in [4.78, 5) is 37.8. The average Bonchev–Trinajstić information content (AvgIpc) is 3.37. The number of carbonyl (C=O) groups is 2. The van der Waals surface area contributed by atoms with E-state index < -0.39 is 16.9 Å². The van der Waals surface area contributed by atoms with Crippen LogP contribution < -0.4 is 20.7 Å². The van der Waals surface area contributed by atoms with Crippen LogP contribution in [0, 0.1) is 17.0 Å². The minimum atomic E-state index is -0.785. The zero-order chi connectivity index (χ0) is 28.4. The van der Waals surface area contributed by atoms with E-state index in [-0.39, 0.29) is 17.2 Å². The van der Waals surface area contributed by atoms with Crippen molar-refractivity contribution in [3.05, 3.63) is 117 Å². The fraction of sp³-hybridized carbons (Fsp3) is 0.138. The molecule has 40 heavy (non-hydrogen) atoms. The number of anilines is 3. The summed E-state index contributed by atoms with van der Waals surface area (Å²) in [7, 11) is 1.51. The SMILES string of the molecule is COc1ccccc1NC(=O)C1=C(C)Nc2c(C(=O)Nc3ccc(C)cc3)cnn2[C@H]1c1ccc([N+](=O)[O-])cc1. The fourth-order valence-electron chi connectivity index (χ4n) is 4.57. The van der Waals surface area contributed by atoms with Crippen molar-refractivity contribution in [1.82, 2.24) is 9.78 Å². The van der Waals surface area contributed by atoms with E-state index in [1.165, 1.54) is 30.1 Å². The van der Waals surface area contributed by atoms with Gasteiger partial charge in [-0.05, 0) is 55.8 Å². The lowest BCUT2D eigenvalue weighted by Gasteiger charge is -2.30. The lowest BCUT2D eigenvalue weighted by molar-refractivity contribution is -0.384. The number of nitro groups is 1. The summed E-state index contributed by atoms with van der Waals surface area (Å²) in [5.74, 6) is 0.0679. The molecule has 0 spiro atoms. The van der Waals surface area contributed by atoms with Crippen LogP contribution >= 0.6 is 0 Å². The van der Waals surface area contributed by atoms with Crippen molar-refractivity contribution < 1.29 is 19.2 Å². The number of amides is 2. The summed E-state index contributed by atoms with van der Waals surface area (Å²) in [6.45, 7) is 3.69. The summed E-state index contributed by atoms with van der Waals surface area (Å²) < 4.78 is 6.91. The number of rotatable bonds is 7. The van der Waals surface area contributed by atoms with E-state index in [1.807, 2.05) is 31.2 Å². The topological polar surface area (TPSA) is 140 Å². The van der Waals surface area contributed by atoms with E-state index in [9.17, 15) is 19.7 Å². The number of ether oxygens (including phenoxy) is 1. The van der Waals surface area contributed by atoms with Gasteiger partial charge in [0.25, 0.3) is 17.5 Å². The molecule has 4 aromatic rings. The number of nitrogens with zero attached hydrogens (tertiary/aromatic N) is 3. The lowest BCUT2D eigenvalue weighted by atomic mass is 9.94. The van der Waals surface area contributed by atoms with Crippen LogP contribution in [0.25, 0.3) is 0 Å². The molecule has 1 atom stereocenters. The van der Waals surface area contributed by atoms with Crippen LogP contribution in [0.1, 0.15) is 34.5 Å². The van der Waals surface area contributed by atoms with Crippen LogP contribution in [0.5, 0.6) is 5.75 Å². The molecule has 1 aromatic heterocycles. The Hall–Kier alpha value is -5.45. The summed E-state index contributed by atoms with van der Waals surface area (Å²) in [5.41, 5.74) is 3.74. The number of methoxy groups -OCH3 is 1. The molecule has 0 fully saturated rings. The van der Waals surface area contributed by atoms with Crippen molar-refractivity contribution in [3.63, 3.8) is 0 Å². The highest BCUT2D eigenvalue weighted by molar-refractivity contribution is 6.09. The van der Waals surface area contributed by atoms with Gasteiger partial charge in [-0.25, -0.2) is 4.68 Å². The molecule has 0 bridgehead atoms. The molecule has 0 radical (unpaired) electrons. The minimum Gasteiger partial charge on any atom is -0.495 e. The van der Waals surface area contributed by atoms with Gasteiger partial charge >= 0.3 is 0 Å². The maximum Gasteiger partial charge on any atom is 0.269 e. The number of nitro benzene ring substituents is 1. The van der Waals surface area contributed by atoms with Crippen molar-refractivity contribution in [1.29, 1.82) is 0 Å². The van der Waals surface area contributed by atoms with Gasteiger partial charge in [0.2, 0.25) is 0 Å². The molecular weight excluding hydrogens is 512 g/mol. The van der Waals surface area contributed by atoms with Gasteiger partial charge in [0.15, 0.2) is 0 Å². The highest BCUT2D eigenvalue weighted by atomic mass is 16.6. The van der Waals surface area contributed by atoms with E-state index in [2.05, 4.69) is 21.0 Å². The van der Waals surface area contributed by atoms with Crippen molar-refractivity contribution in [3.8, 4) is 5.75 Å². The van der Waals surface area contributed by atoms with Crippen molar-refractivity contribution in [2.24, 2.45) is 0 Å². The molecule has 3 aromatic carbocycles. The van der Waals surface area contributed by atoms with Crippen molar-refractivity contribution >= 4 is 34.7 Å². The third kappa shape index (κ3) is 4.99. The van der Waals surface area contributed by atoms with Crippen LogP contribution in [-0.2, 0) is 4.79 Å². The summed E-state index contributed by atoms with van der Waals surface area (Å²) in [5, 5.41) is 24.7. The number of benzene rings is 3. The number of aryl methyl sites for hydroxylation is 1. The normalized spacial score (nSPS) is 14.1. The second-order valence-electron chi connectivity index (χ2n) is 9.24. The van der Waals surface area contributed by atoms with E-state index >= 15 is 0 Å². The van der Waals surface area contributed by atoms with E-state index in [1.54, 1.807) is 43.3 Å². The highest BCUT2D eigenvalue weighted by Crippen LogP contribution is 2.39.